The molecule has 1 nitrogen and oxygen atoms in total. The van der Waals surface area contributed by atoms with E-state index in [1.807, 2.05) is 41.9 Å². The summed E-state index contributed by atoms with van der Waals surface area (Å²) >= 11 is 4.90. The van der Waals surface area contributed by atoms with E-state index in [0.29, 0.717) is 0 Å². The molecule has 15 heavy (non-hydrogen) atoms. The topological polar surface area (TPSA) is 17.1 Å². The van der Waals surface area contributed by atoms with Gasteiger partial charge in [0.15, 0.2) is 5.78 Å². The lowest BCUT2D eigenvalue weighted by molar-refractivity contribution is 0.103. The lowest BCUT2D eigenvalue weighted by Gasteiger charge is -2.00. The first-order chi connectivity index (χ1) is 7.18. The molecule has 0 spiro atoms. The number of benzene rings is 1. The molecule has 3 heteroatoms. The number of aryl methyl sites for hydroxylation is 1. The molecule has 76 valence electrons. The third-order valence-corrected chi connectivity index (χ3v) is 3.84. The first-order valence-corrected chi connectivity index (χ1v) is 6.25. The van der Waals surface area contributed by atoms with E-state index in [9.17, 15) is 4.79 Å². The Morgan fingerprint density at radius 2 is 2.13 bits per heavy atom. The van der Waals surface area contributed by atoms with Crippen molar-refractivity contribution in [3.63, 3.8) is 0 Å². The monoisotopic (exact) mass is 280 g/mol. The van der Waals surface area contributed by atoms with Crippen LogP contribution < -0.4 is 0 Å². The summed E-state index contributed by atoms with van der Waals surface area (Å²) in [5.41, 5.74) is 2.59. The minimum atomic E-state index is 0.0758. The summed E-state index contributed by atoms with van der Waals surface area (Å²) in [6.07, 6.45) is 0. The average Bonchev–Trinajstić information content (AvgIpc) is 2.63. The molecule has 0 atom stereocenters. The summed E-state index contributed by atoms with van der Waals surface area (Å²) in [6.45, 7) is 1.99. The van der Waals surface area contributed by atoms with Crippen molar-refractivity contribution < 1.29 is 4.79 Å². The molecule has 0 saturated carbocycles. The van der Waals surface area contributed by atoms with E-state index in [1.165, 1.54) is 11.3 Å². The van der Waals surface area contributed by atoms with Crippen LogP contribution in [0, 0.1) is 6.92 Å². The van der Waals surface area contributed by atoms with Gasteiger partial charge in [-0.05, 0) is 28.9 Å². The van der Waals surface area contributed by atoms with Gasteiger partial charge in [0.25, 0.3) is 0 Å². The molecular formula is C12H9BrOS. The maximum Gasteiger partial charge on any atom is 0.195 e. The summed E-state index contributed by atoms with van der Waals surface area (Å²) in [6, 6.07) is 7.65. The Kier molecular flexibility index (Phi) is 3.03. The van der Waals surface area contributed by atoms with E-state index in [2.05, 4.69) is 15.9 Å². The summed E-state index contributed by atoms with van der Waals surface area (Å²) in [4.78, 5) is 12.1. The Morgan fingerprint density at radius 3 is 2.73 bits per heavy atom. The van der Waals surface area contributed by atoms with Crippen LogP contribution in [0.1, 0.15) is 21.5 Å². The van der Waals surface area contributed by atoms with Crippen LogP contribution in [-0.2, 0) is 0 Å². The zero-order chi connectivity index (χ0) is 10.8. The van der Waals surface area contributed by atoms with E-state index >= 15 is 0 Å². The Bertz CT molecular complexity index is 502. The zero-order valence-electron chi connectivity index (χ0n) is 8.16. The molecule has 1 heterocycles. The number of hydrogen-bond donors (Lipinski definition) is 0. The van der Waals surface area contributed by atoms with Gasteiger partial charge in [-0.25, -0.2) is 0 Å². The van der Waals surface area contributed by atoms with Crippen LogP contribution >= 0.6 is 27.3 Å². The van der Waals surface area contributed by atoms with Crippen molar-refractivity contribution in [2.24, 2.45) is 0 Å². The molecule has 0 N–H and O–H groups in total. The fraction of sp³-hybridized carbons (Fsp3) is 0.0833. The predicted molar refractivity (Wildman–Crippen MR) is 66.6 cm³/mol. The van der Waals surface area contributed by atoms with Crippen LogP contribution in [0.4, 0.5) is 0 Å². The molecule has 1 aromatic carbocycles. The predicted octanol–water partition coefficient (Wildman–Crippen LogP) is 4.05. The summed E-state index contributed by atoms with van der Waals surface area (Å²) in [5, 5.41) is 3.79. The minimum absolute atomic E-state index is 0.0758. The average molecular weight is 281 g/mol. The van der Waals surface area contributed by atoms with E-state index in [4.69, 9.17) is 0 Å². The Hall–Kier alpha value is -0.930. The highest BCUT2D eigenvalue weighted by molar-refractivity contribution is 9.10. The normalized spacial score (nSPS) is 10.3. The number of carbonyl (C=O) groups excluding carboxylic acids is 1. The molecular weight excluding hydrogens is 272 g/mol. The van der Waals surface area contributed by atoms with Crippen LogP contribution in [0.15, 0.2) is 39.5 Å². The lowest BCUT2D eigenvalue weighted by Crippen LogP contribution is -2.00. The Morgan fingerprint density at radius 1 is 1.33 bits per heavy atom. The van der Waals surface area contributed by atoms with Gasteiger partial charge in [0.05, 0.1) is 0 Å². The fourth-order valence-electron chi connectivity index (χ4n) is 1.39. The largest absolute Gasteiger partial charge is 0.289 e. The summed E-state index contributed by atoms with van der Waals surface area (Å²) in [5.74, 6) is 0.0758. The van der Waals surface area contributed by atoms with Crippen molar-refractivity contribution in [3.8, 4) is 0 Å². The second-order valence-electron chi connectivity index (χ2n) is 3.33. The van der Waals surface area contributed by atoms with Crippen molar-refractivity contribution in [1.29, 1.82) is 0 Å². The number of carbonyl (C=O) groups is 1. The third kappa shape index (κ3) is 2.19. The second-order valence-corrected chi connectivity index (χ2v) is 4.93. The van der Waals surface area contributed by atoms with E-state index < -0.39 is 0 Å². The number of halogens is 1. The standard InChI is InChI=1S/C12H9BrOS/c1-8-3-2-4-9(5-8)12(14)10-6-15-7-11(10)13/h2-7H,1H3. The number of ketones is 1. The van der Waals surface area contributed by atoms with Gasteiger partial charge < -0.3 is 0 Å². The molecule has 0 amide bonds. The van der Waals surface area contributed by atoms with Crippen molar-refractivity contribution in [3.05, 3.63) is 56.2 Å². The van der Waals surface area contributed by atoms with Crippen LogP contribution in [-0.4, -0.2) is 5.78 Å². The highest BCUT2D eigenvalue weighted by atomic mass is 79.9. The van der Waals surface area contributed by atoms with Gasteiger partial charge in [-0.3, -0.25) is 4.79 Å². The fourth-order valence-corrected chi connectivity index (χ4v) is 2.84. The van der Waals surface area contributed by atoms with Crippen molar-refractivity contribution in [2.75, 3.05) is 0 Å². The molecule has 0 aliphatic rings. The van der Waals surface area contributed by atoms with Crippen molar-refractivity contribution in [2.45, 2.75) is 6.92 Å². The van der Waals surface area contributed by atoms with Gasteiger partial charge in [0.2, 0.25) is 0 Å². The van der Waals surface area contributed by atoms with Gasteiger partial charge in [-0.15, -0.1) is 0 Å². The highest BCUT2D eigenvalue weighted by Gasteiger charge is 2.12. The lowest BCUT2D eigenvalue weighted by atomic mass is 10.0. The van der Waals surface area contributed by atoms with Gasteiger partial charge in [-0.2, -0.15) is 11.3 Å². The maximum absolute atomic E-state index is 12.1. The second kappa shape index (κ2) is 4.29. The van der Waals surface area contributed by atoms with Gasteiger partial charge in [-0.1, -0.05) is 23.8 Å². The molecule has 0 radical (unpaired) electrons. The Balaban J connectivity index is 2.41. The highest BCUT2D eigenvalue weighted by Crippen LogP contribution is 2.24. The van der Waals surface area contributed by atoms with Gasteiger partial charge in [0.1, 0.15) is 0 Å². The third-order valence-electron chi connectivity index (χ3n) is 2.14. The molecule has 0 aliphatic heterocycles. The first-order valence-electron chi connectivity index (χ1n) is 4.51. The minimum Gasteiger partial charge on any atom is -0.289 e. The van der Waals surface area contributed by atoms with Gasteiger partial charge in [0, 0.05) is 26.4 Å². The molecule has 2 rings (SSSR count). The van der Waals surface area contributed by atoms with Crippen LogP contribution in [0.3, 0.4) is 0 Å². The van der Waals surface area contributed by atoms with Crippen LogP contribution in [0.25, 0.3) is 0 Å². The Labute approximate surface area is 101 Å². The summed E-state index contributed by atoms with van der Waals surface area (Å²) in [7, 11) is 0. The van der Waals surface area contributed by atoms with E-state index in [-0.39, 0.29) is 5.78 Å². The quantitative estimate of drug-likeness (QED) is 0.759. The van der Waals surface area contributed by atoms with E-state index in [0.717, 1.165) is 21.2 Å². The molecule has 1 aromatic heterocycles. The zero-order valence-corrected chi connectivity index (χ0v) is 10.6. The summed E-state index contributed by atoms with van der Waals surface area (Å²) < 4.78 is 0.874. The van der Waals surface area contributed by atoms with Crippen LogP contribution in [0.2, 0.25) is 0 Å². The maximum atomic E-state index is 12.1. The number of thiophene rings is 1. The van der Waals surface area contributed by atoms with Gasteiger partial charge >= 0.3 is 0 Å². The SMILES string of the molecule is Cc1cccc(C(=O)c2cscc2Br)c1. The molecule has 0 unspecified atom stereocenters. The van der Waals surface area contributed by atoms with E-state index in [1.54, 1.807) is 0 Å². The van der Waals surface area contributed by atoms with Crippen LogP contribution in [0.5, 0.6) is 0 Å². The molecule has 0 saturated heterocycles. The molecule has 0 aliphatic carbocycles. The number of rotatable bonds is 2. The number of hydrogen-bond acceptors (Lipinski definition) is 2. The smallest absolute Gasteiger partial charge is 0.195 e. The van der Waals surface area contributed by atoms with Crippen molar-refractivity contribution in [1.82, 2.24) is 0 Å². The van der Waals surface area contributed by atoms with Crippen molar-refractivity contribution >= 4 is 33.0 Å². The first kappa shape index (κ1) is 10.6. The molecule has 0 fully saturated rings. The molecule has 2 aromatic rings. The molecule has 0 bridgehead atoms.